The molecule has 1 aromatic carbocycles. The lowest BCUT2D eigenvalue weighted by atomic mass is 10.2. The lowest BCUT2D eigenvalue weighted by molar-refractivity contribution is -0.108. The van der Waals surface area contributed by atoms with Crippen LogP contribution < -0.4 is 5.01 Å². The molecule has 1 heterocycles. The molecular weight excluding hydrogens is 202 g/mol. The highest BCUT2D eigenvalue weighted by molar-refractivity contribution is 5.74. The first-order valence-electron chi connectivity index (χ1n) is 4.73. The molecule has 0 spiro atoms. The van der Waals surface area contributed by atoms with Crippen molar-refractivity contribution in [3.63, 3.8) is 0 Å². The highest BCUT2D eigenvalue weighted by Crippen LogP contribution is 2.14. The maximum atomic E-state index is 11.0. The van der Waals surface area contributed by atoms with Crippen LogP contribution in [0.25, 0.3) is 0 Å². The number of nitriles is 1. The van der Waals surface area contributed by atoms with Gasteiger partial charge in [0.05, 0.1) is 17.3 Å². The summed E-state index contributed by atoms with van der Waals surface area (Å²) in [4.78, 5) is 11.0. The number of anilines is 1. The van der Waals surface area contributed by atoms with Crippen LogP contribution in [0, 0.1) is 11.3 Å². The number of nitrogens with zero attached hydrogens (tertiary/aromatic N) is 3. The van der Waals surface area contributed by atoms with Crippen molar-refractivity contribution in [1.29, 1.82) is 5.26 Å². The van der Waals surface area contributed by atoms with Crippen LogP contribution in [0.1, 0.15) is 5.56 Å². The summed E-state index contributed by atoms with van der Waals surface area (Å²) in [5, 5.41) is 10.1. The van der Waals surface area contributed by atoms with Crippen LogP contribution in [0.15, 0.2) is 48.8 Å². The third-order valence-corrected chi connectivity index (χ3v) is 2.20. The second-order valence-electron chi connectivity index (χ2n) is 3.17. The number of carbonyl (C=O) groups is 1. The number of hydrogen-bond donors (Lipinski definition) is 0. The van der Waals surface area contributed by atoms with Crippen LogP contribution in [0.2, 0.25) is 0 Å². The van der Waals surface area contributed by atoms with Crippen LogP contribution >= 0.6 is 0 Å². The molecular formula is C12H9N3O. The normalized spacial score (nSPS) is 9.44. The largest absolute Gasteiger partial charge is 0.276 e. The van der Waals surface area contributed by atoms with Crippen molar-refractivity contribution in [3.05, 3.63) is 54.4 Å². The molecule has 16 heavy (non-hydrogen) atoms. The summed E-state index contributed by atoms with van der Waals surface area (Å²) in [6.07, 6.45) is 4.26. The van der Waals surface area contributed by atoms with Gasteiger partial charge in [-0.25, -0.2) is 5.01 Å². The Kier molecular flexibility index (Phi) is 2.70. The van der Waals surface area contributed by atoms with Gasteiger partial charge in [-0.2, -0.15) is 5.26 Å². The second kappa shape index (κ2) is 4.32. The highest BCUT2D eigenvalue weighted by atomic mass is 16.1. The third kappa shape index (κ3) is 1.79. The Morgan fingerprint density at radius 2 is 1.81 bits per heavy atom. The molecule has 0 saturated carbocycles. The molecule has 4 nitrogen and oxygen atoms in total. The van der Waals surface area contributed by atoms with E-state index in [1.165, 1.54) is 5.01 Å². The van der Waals surface area contributed by atoms with Crippen LogP contribution in [-0.2, 0) is 4.79 Å². The molecule has 1 amide bonds. The molecule has 0 atom stereocenters. The summed E-state index contributed by atoms with van der Waals surface area (Å²) in [7, 11) is 0. The molecule has 2 rings (SSSR count). The van der Waals surface area contributed by atoms with Crippen molar-refractivity contribution in [2.45, 2.75) is 0 Å². The third-order valence-electron chi connectivity index (χ3n) is 2.20. The van der Waals surface area contributed by atoms with Crippen molar-refractivity contribution < 1.29 is 4.79 Å². The average molecular weight is 211 g/mol. The second-order valence-corrected chi connectivity index (χ2v) is 3.17. The molecule has 78 valence electrons. The average Bonchev–Trinajstić information content (AvgIpc) is 2.85. The summed E-state index contributed by atoms with van der Waals surface area (Å²) in [5.41, 5.74) is 1.28. The molecule has 2 aromatic rings. The number of amides is 1. The Bertz CT molecular complexity index is 508. The Morgan fingerprint density at radius 3 is 2.31 bits per heavy atom. The molecule has 0 aliphatic rings. The molecule has 0 saturated heterocycles. The van der Waals surface area contributed by atoms with Crippen LogP contribution in [0.4, 0.5) is 5.69 Å². The van der Waals surface area contributed by atoms with Gasteiger partial charge in [-0.05, 0) is 36.4 Å². The van der Waals surface area contributed by atoms with E-state index in [9.17, 15) is 4.79 Å². The van der Waals surface area contributed by atoms with Gasteiger partial charge in [0, 0.05) is 12.4 Å². The monoisotopic (exact) mass is 211 g/mol. The summed E-state index contributed by atoms with van der Waals surface area (Å²) in [6, 6.07) is 12.5. The molecule has 0 aliphatic carbocycles. The maximum Gasteiger partial charge on any atom is 0.233 e. The number of aromatic nitrogens is 1. The van der Waals surface area contributed by atoms with Gasteiger partial charge in [0.2, 0.25) is 6.41 Å². The molecule has 0 fully saturated rings. The highest BCUT2D eigenvalue weighted by Gasteiger charge is 2.05. The molecule has 4 heteroatoms. The fourth-order valence-electron chi connectivity index (χ4n) is 1.41. The van der Waals surface area contributed by atoms with Crippen LogP contribution in [0.3, 0.4) is 0 Å². The van der Waals surface area contributed by atoms with Crippen molar-refractivity contribution in [2.24, 2.45) is 0 Å². The van der Waals surface area contributed by atoms with Crippen LogP contribution in [-0.4, -0.2) is 11.1 Å². The maximum absolute atomic E-state index is 11.0. The predicted octanol–water partition coefficient (Wildman–Crippen LogP) is 1.79. The van der Waals surface area contributed by atoms with E-state index in [-0.39, 0.29) is 0 Å². The van der Waals surface area contributed by atoms with E-state index in [1.54, 1.807) is 41.3 Å². The van der Waals surface area contributed by atoms with Gasteiger partial charge >= 0.3 is 0 Å². The molecule has 0 bridgehead atoms. The quantitative estimate of drug-likeness (QED) is 0.726. The molecule has 0 unspecified atom stereocenters. The molecule has 0 aliphatic heterocycles. The first kappa shape index (κ1) is 9.99. The first-order valence-corrected chi connectivity index (χ1v) is 4.73. The zero-order chi connectivity index (χ0) is 11.4. The zero-order valence-corrected chi connectivity index (χ0v) is 8.45. The smallest absolute Gasteiger partial charge is 0.233 e. The fraction of sp³-hybridized carbons (Fsp3) is 0. The van der Waals surface area contributed by atoms with Crippen molar-refractivity contribution in [2.75, 3.05) is 5.01 Å². The summed E-state index contributed by atoms with van der Waals surface area (Å²) >= 11 is 0. The van der Waals surface area contributed by atoms with E-state index in [0.717, 1.165) is 6.41 Å². The zero-order valence-electron chi connectivity index (χ0n) is 8.45. The topological polar surface area (TPSA) is 49.0 Å². The minimum Gasteiger partial charge on any atom is -0.276 e. The first-order chi connectivity index (χ1) is 7.85. The number of rotatable bonds is 3. The molecule has 1 aromatic heterocycles. The van der Waals surface area contributed by atoms with Crippen molar-refractivity contribution in [1.82, 2.24) is 4.68 Å². The van der Waals surface area contributed by atoms with Crippen molar-refractivity contribution in [3.8, 4) is 6.07 Å². The minimum absolute atomic E-state index is 0.571. The Hall–Kier alpha value is -2.54. The fourth-order valence-corrected chi connectivity index (χ4v) is 1.41. The Morgan fingerprint density at radius 1 is 1.19 bits per heavy atom. The Balaban J connectivity index is 2.35. The number of hydrogen-bond acceptors (Lipinski definition) is 2. The lowest BCUT2D eigenvalue weighted by Crippen LogP contribution is -2.26. The van der Waals surface area contributed by atoms with Crippen LogP contribution in [0.5, 0.6) is 0 Å². The van der Waals surface area contributed by atoms with Crippen molar-refractivity contribution >= 4 is 12.1 Å². The minimum atomic E-state index is 0.571. The van der Waals surface area contributed by atoms with E-state index in [0.29, 0.717) is 11.3 Å². The molecule has 0 N–H and O–H groups in total. The standard InChI is InChI=1S/C12H9N3O/c13-9-11-3-5-12(6-4-11)15(10-16)14-7-1-2-8-14/h1-8,10H. The van der Waals surface area contributed by atoms with E-state index < -0.39 is 0 Å². The van der Waals surface area contributed by atoms with E-state index in [1.807, 2.05) is 18.2 Å². The Labute approximate surface area is 92.9 Å². The summed E-state index contributed by atoms with van der Waals surface area (Å²) < 4.78 is 1.66. The summed E-state index contributed by atoms with van der Waals surface area (Å²) in [5.74, 6) is 0. The number of carbonyl (C=O) groups excluding carboxylic acids is 1. The molecule has 0 radical (unpaired) electrons. The number of benzene rings is 1. The van der Waals surface area contributed by atoms with Gasteiger partial charge in [-0.3, -0.25) is 9.47 Å². The van der Waals surface area contributed by atoms with E-state index in [4.69, 9.17) is 5.26 Å². The van der Waals surface area contributed by atoms with Gasteiger partial charge < -0.3 is 0 Å². The van der Waals surface area contributed by atoms with E-state index >= 15 is 0 Å². The van der Waals surface area contributed by atoms with Gasteiger partial charge in [0.1, 0.15) is 0 Å². The predicted molar refractivity (Wildman–Crippen MR) is 59.5 cm³/mol. The van der Waals surface area contributed by atoms with Gasteiger partial charge in [-0.1, -0.05) is 0 Å². The van der Waals surface area contributed by atoms with Gasteiger partial charge in [0.25, 0.3) is 0 Å². The SMILES string of the molecule is N#Cc1ccc(N(C=O)n2cccc2)cc1. The van der Waals surface area contributed by atoms with E-state index in [2.05, 4.69) is 0 Å². The lowest BCUT2D eigenvalue weighted by Gasteiger charge is -2.18. The summed E-state index contributed by atoms with van der Waals surface area (Å²) in [6.45, 7) is 0. The van der Waals surface area contributed by atoms with Gasteiger partial charge in [-0.15, -0.1) is 0 Å². The van der Waals surface area contributed by atoms with Gasteiger partial charge in [0.15, 0.2) is 0 Å².